The maximum atomic E-state index is 11.7. The molecule has 1 aromatic rings. The number of nitrogens with zero attached hydrogens (tertiary/aromatic N) is 2. The molecule has 0 saturated heterocycles. The van der Waals surface area contributed by atoms with E-state index in [1.165, 1.54) is 6.07 Å². The molecule has 0 aliphatic rings. The molecule has 7 heteroatoms. The summed E-state index contributed by atoms with van der Waals surface area (Å²) in [6.45, 7) is 4.52. The van der Waals surface area contributed by atoms with Crippen molar-refractivity contribution in [1.29, 1.82) is 0 Å². The highest BCUT2D eigenvalue weighted by molar-refractivity contribution is 5.85. The second kappa shape index (κ2) is 6.15. The second-order valence-corrected chi connectivity index (χ2v) is 3.94. The van der Waals surface area contributed by atoms with Gasteiger partial charge in [0.1, 0.15) is 0 Å². The maximum Gasteiger partial charge on any atom is 0.358 e. The minimum absolute atomic E-state index is 0.0320. The monoisotopic (exact) mass is 255 g/mol. The second-order valence-electron chi connectivity index (χ2n) is 3.94. The summed E-state index contributed by atoms with van der Waals surface area (Å²) < 4.78 is 4.82. The van der Waals surface area contributed by atoms with Crippen molar-refractivity contribution in [3.8, 4) is 0 Å². The van der Waals surface area contributed by atoms with Crippen molar-refractivity contribution in [1.82, 2.24) is 15.4 Å². The lowest BCUT2D eigenvalue weighted by molar-refractivity contribution is -0.131. The summed E-state index contributed by atoms with van der Waals surface area (Å²) in [5, 5.41) is 15.0. The third-order valence-corrected chi connectivity index (χ3v) is 2.58. The van der Waals surface area contributed by atoms with Crippen LogP contribution in [0.25, 0.3) is 0 Å². The van der Waals surface area contributed by atoms with Gasteiger partial charge in [0.25, 0.3) is 0 Å². The first kappa shape index (κ1) is 14.2. The van der Waals surface area contributed by atoms with E-state index in [-0.39, 0.29) is 24.2 Å². The average molecular weight is 255 g/mol. The minimum Gasteiger partial charge on any atom is -0.476 e. The van der Waals surface area contributed by atoms with E-state index in [9.17, 15) is 9.59 Å². The van der Waals surface area contributed by atoms with Crippen LogP contribution in [-0.4, -0.2) is 46.7 Å². The standard InChI is InChI=1S/C11H17N3O4/c1-4-14(3)10(15)7(2)12-6-8-5-9(11(16)17)13-18-8/h5,7,12H,4,6H2,1-3H3,(H,16,17). The van der Waals surface area contributed by atoms with Crippen LogP contribution in [0.4, 0.5) is 0 Å². The molecule has 18 heavy (non-hydrogen) atoms. The lowest BCUT2D eigenvalue weighted by Crippen LogP contribution is -2.42. The van der Waals surface area contributed by atoms with Crippen LogP contribution in [0.1, 0.15) is 30.1 Å². The number of carboxylic acids is 1. The van der Waals surface area contributed by atoms with Gasteiger partial charge in [-0.15, -0.1) is 0 Å². The van der Waals surface area contributed by atoms with Crippen LogP contribution in [0, 0.1) is 0 Å². The first-order chi connectivity index (χ1) is 8.45. The van der Waals surface area contributed by atoms with Gasteiger partial charge < -0.3 is 14.5 Å². The fourth-order valence-corrected chi connectivity index (χ4v) is 1.32. The van der Waals surface area contributed by atoms with Crippen LogP contribution in [0.2, 0.25) is 0 Å². The number of hydrogen-bond donors (Lipinski definition) is 2. The van der Waals surface area contributed by atoms with Gasteiger partial charge >= 0.3 is 5.97 Å². The van der Waals surface area contributed by atoms with Crippen molar-refractivity contribution < 1.29 is 19.2 Å². The molecule has 1 heterocycles. The highest BCUT2D eigenvalue weighted by Crippen LogP contribution is 2.04. The lowest BCUT2D eigenvalue weighted by Gasteiger charge is -2.20. The van der Waals surface area contributed by atoms with E-state index in [1.54, 1.807) is 18.9 Å². The van der Waals surface area contributed by atoms with Crippen molar-refractivity contribution in [3.63, 3.8) is 0 Å². The molecule has 0 bridgehead atoms. The predicted octanol–water partition coefficient (Wildman–Crippen LogP) is 0.329. The molecule has 0 radical (unpaired) electrons. The number of carbonyl (C=O) groups is 2. The Morgan fingerprint density at radius 1 is 1.61 bits per heavy atom. The molecule has 1 atom stereocenters. The summed E-state index contributed by atoms with van der Waals surface area (Å²) in [5.41, 5.74) is -0.142. The Morgan fingerprint density at radius 2 is 2.28 bits per heavy atom. The van der Waals surface area contributed by atoms with E-state index >= 15 is 0 Å². The van der Waals surface area contributed by atoms with E-state index in [1.807, 2.05) is 6.92 Å². The largest absolute Gasteiger partial charge is 0.476 e. The Labute approximate surface area is 105 Å². The molecule has 0 aromatic carbocycles. The smallest absolute Gasteiger partial charge is 0.358 e. The number of rotatable bonds is 6. The van der Waals surface area contributed by atoms with Gasteiger partial charge in [-0.05, 0) is 13.8 Å². The summed E-state index contributed by atoms with van der Waals surface area (Å²) in [5.74, 6) is -0.790. The SMILES string of the molecule is CCN(C)C(=O)C(C)NCc1cc(C(=O)O)no1. The summed E-state index contributed by atoms with van der Waals surface area (Å²) in [4.78, 5) is 23.9. The zero-order valence-corrected chi connectivity index (χ0v) is 10.6. The Balaban J connectivity index is 2.49. The van der Waals surface area contributed by atoms with Crippen molar-refractivity contribution in [2.24, 2.45) is 0 Å². The normalized spacial score (nSPS) is 12.2. The van der Waals surface area contributed by atoms with Gasteiger partial charge in [-0.25, -0.2) is 4.79 Å². The molecular weight excluding hydrogens is 238 g/mol. The van der Waals surface area contributed by atoms with Gasteiger partial charge in [0, 0.05) is 19.7 Å². The van der Waals surface area contributed by atoms with Gasteiger partial charge in [-0.1, -0.05) is 5.16 Å². The van der Waals surface area contributed by atoms with Crippen molar-refractivity contribution in [2.75, 3.05) is 13.6 Å². The predicted molar refractivity (Wildman–Crippen MR) is 63.1 cm³/mol. The van der Waals surface area contributed by atoms with Crippen molar-refractivity contribution >= 4 is 11.9 Å². The van der Waals surface area contributed by atoms with Crippen LogP contribution in [0.15, 0.2) is 10.6 Å². The van der Waals surface area contributed by atoms with E-state index in [0.29, 0.717) is 12.3 Å². The summed E-state index contributed by atoms with van der Waals surface area (Å²) in [6, 6.07) is 0.962. The highest BCUT2D eigenvalue weighted by Gasteiger charge is 2.17. The number of carbonyl (C=O) groups excluding carboxylic acids is 1. The van der Waals surface area contributed by atoms with Crippen LogP contribution < -0.4 is 5.32 Å². The molecule has 0 saturated carbocycles. The molecule has 1 aromatic heterocycles. The molecule has 7 nitrogen and oxygen atoms in total. The Hall–Kier alpha value is -1.89. The van der Waals surface area contributed by atoms with Gasteiger partial charge in [0.2, 0.25) is 5.91 Å². The summed E-state index contributed by atoms with van der Waals surface area (Å²) in [6.07, 6.45) is 0. The molecule has 1 rings (SSSR count). The molecule has 0 aliphatic heterocycles. The number of amides is 1. The number of likely N-dealkylation sites (N-methyl/N-ethyl adjacent to an activating group) is 1. The molecule has 100 valence electrons. The minimum atomic E-state index is -1.14. The Morgan fingerprint density at radius 3 is 2.78 bits per heavy atom. The first-order valence-electron chi connectivity index (χ1n) is 5.63. The molecule has 0 fully saturated rings. The third kappa shape index (κ3) is 3.56. The maximum absolute atomic E-state index is 11.7. The van der Waals surface area contributed by atoms with Gasteiger partial charge in [-0.3, -0.25) is 10.1 Å². The molecular formula is C11H17N3O4. The van der Waals surface area contributed by atoms with Crippen LogP contribution in [0.3, 0.4) is 0 Å². The number of aromatic nitrogens is 1. The average Bonchev–Trinajstić information content (AvgIpc) is 2.82. The third-order valence-electron chi connectivity index (χ3n) is 2.58. The van der Waals surface area contributed by atoms with E-state index < -0.39 is 5.97 Å². The topological polar surface area (TPSA) is 95.7 Å². The molecule has 0 spiro atoms. The first-order valence-corrected chi connectivity index (χ1v) is 5.63. The van der Waals surface area contributed by atoms with Crippen LogP contribution in [0.5, 0.6) is 0 Å². The van der Waals surface area contributed by atoms with Crippen LogP contribution >= 0.6 is 0 Å². The van der Waals surface area contributed by atoms with E-state index in [2.05, 4.69) is 10.5 Å². The van der Waals surface area contributed by atoms with Crippen LogP contribution in [-0.2, 0) is 11.3 Å². The number of hydrogen-bond acceptors (Lipinski definition) is 5. The molecule has 0 aliphatic carbocycles. The Bertz CT molecular complexity index is 430. The zero-order chi connectivity index (χ0) is 13.7. The summed E-state index contributed by atoms with van der Waals surface area (Å²) in [7, 11) is 1.72. The quantitative estimate of drug-likeness (QED) is 0.760. The van der Waals surface area contributed by atoms with Gasteiger partial charge in [0.15, 0.2) is 11.5 Å². The molecule has 1 unspecified atom stereocenters. The van der Waals surface area contributed by atoms with E-state index in [4.69, 9.17) is 9.63 Å². The zero-order valence-electron chi connectivity index (χ0n) is 10.6. The number of carboxylic acid groups (broad SMARTS) is 1. The lowest BCUT2D eigenvalue weighted by atomic mass is 10.2. The fourth-order valence-electron chi connectivity index (χ4n) is 1.32. The number of nitrogens with one attached hydrogen (secondary N) is 1. The van der Waals surface area contributed by atoms with E-state index in [0.717, 1.165) is 0 Å². The summed E-state index contributed by atoms with van der Waals surface area (Å²) >= 11 is 0. The van der Waals surface area contributed by atoms with Crippen molar-refractivity contribution in [2.45, 2.75) is 26.4 Å². The van der Waals surface area contributed by atoms with Crippen molar-refractivity contribution in [3.05, 3.63) is 17.5 Å². The fraction of sp³-hybridized carbons (Fsp3) is 0.545. The van der Waals surface area contributed by atoms with Gasteiger partial charge in [-0.2, -0.15) is 0 Å². The molecule has 1 amide bonds. The Kier molecular flexibility index (Phi) is 4.85. The molecule has 2 N–H and O–H groups in total. The van der Waals surface area contributed by atoms with Gasteiger partial charge in [0.05, 0.1) is 12.6 Å². The number of aromatic carboxylic acids is 1. The highest BCUT2D eigenvalue weighted by atomic mass is 16.5.